The third kappa shape index (κ3) is 6.04. The number of hydrogen-bond acceptors (Lipinski definition) is 1. The Labute approximate surface area is 114 Å². The topological polar surface area (TPSA) is 12.0 Å². The molecule has 1 atom stereocenters. The molecule has 1 aliphatic rings. The lowest BCUT2D eigenvalue weighted by Crippen LogP contribution is -2.37. The molecule has 1 N–H and O–H groups in total. The molecule has 1 aliphatic carbocycles. The molecule has 0 aliphatic heterocycles. The third-order valence-corrected chi connectivity index (χ3v) is 4.38. The van der Waals surface area contributed by atoms with Gasteiger partial charge in [-0.15, -0.1) is 0 Å². The van der Waals surface area contributed by atoms with Crippen molar-refractivity contribution in [2.45, 2.75) is 84.1 Å². The van der Waals surface area contributed by atoms with Gasteiger partial charge in [-0.05, 0) is 44.6 Å². The smallest absolute Gasteiger partial charge is 0.0132 e. The highest BCUT2D eigenvalue weighted by Gasteiger charge is 2.21. The van der Waals surface area contributed by atoms with Gasteiger partial charge in [-0.2, -0.15) is 0 Å². The zero-order valence-corrected chi connectivity index (χ0v) is 12.6. The third-order valence-electron chi connectivity index (χ3n) is 4.38. The summed E-state index contributed by atoms with van der Waals surface area (Å²) in [6.07, 6.45) is 13.7. The van der Waals surface area contributed by atoms with Crippen LogP contribution in [-0.2, 0) is 0 Å². The maximum atomic E-state index is 4.22. The molecule has 18 heavy (non-hydrogen) atoms. The molecule has 0 spiro atoms. The van der Waals surface area contributed by atoms with Crippen LogP contribution in [0.1, 0.15) is 78.1 Å². The van der Waals surface area contributed by atoms with E-state index in [0.29, 0.717) is 6.04 Å². The Balaban J connectivity index is 2.51. The molecule has 0 aromatic rings. The first-order chi connectivity index (χ1) is 8.77. The zero-order valence-electron chi connectivity index (χ0n) is 12.6. The minimum atomic E-state index is 0.690. The summed E-state index contributed by atoms with van der Waals surface area (Å²) in [6.45, 7) is 9.88. The maximum Gasteiger partial charge on any atom is 0.0132 e. The molecule has 0 radical (unpaired) electrons. The highest BCUT2D eigenvalue weighted by Crippen LogP contribution is 2.27. The van der Waals surface area contributed by atoms with Crippen LogP contribution in [0.3, 0.4) is 0 Å². The number of hydrogen-bond donors (Lipinski definition) is 1. The number of rotatable bonds is 7. The second-order valence-electron chi connectivity index (χ2n) is 5.97. The van der Waals surface area contributed by atoms with Crippen LogP contribution in [0, 0.1) is 5.92 Å². The van der Waals surface area contributed by atoms with Crippen LogP contribution in [-0.4, -0.2) is 12.6 Å². The molecule has 1 fully saturated rings. The van der Waals surface area contributed by atoms with Crippen molar-refractivity contribution in [3.63, 3.8) is 0 Å². The van der Waals surface area contributed by atoms with E-state index in [0.717, 1.165) is 18.9 Å². The first-order valence-corrected chi connectivity index (χ1v) is 8.18. The van der Waals surface area contributed by atoms with Crippen LogP contribution < -0.4 is 5.32 Å². The van der Waals surface area contributed by atoms with Crippen molar-refractivity contribution < 1.29 is 0 Å². The van der Waals surface area contributed by atoms with Gasteiger partial charge in [0.05, 0.1) is 0 Å². The van der Waals surface area contributed by atoms with Gasteiger partial charge in [-0.25, -0.2) is 0 Å². The van der Waals surface area contributed by atoms with Gasteiger partial charge in [0, 0.05) is 6.04 Å². The van der Waals surface area contributed by atoms with Crippen LogP contribution >= 0.6 is 0 Å². The second kappa shape index (κ2) is 9.61. The highest BCUT2D eigenvalue weighted by atomic mass is 14.9. The number of nitrogens with one attached hydrogen (secondary N) is 1. The van der Waals surface area contributed by atoms with Crippen molar-refractivity contribution in [3.8, 4) is 0 Å². The minimum Gasteiger partial charge on any atom is -0.313 e. The average molecular weight is 251 g/mol. The van der Waals surface area contributed by atoms with E-state index in [-0.39, 0.29) is 0 Å². The summed E-state index contributed by atoms with van der Waals surface area (Å²) in [6, 6.07) is 0.690. The fraction of sp³-hybridized carbons (Fsp3) is 0.882. The highest BCUT2D eigenvalue weighted by molar-refractivity contribution is 4.98. The molecular weight excluding hydrogens is 218 g/mol. The summed E-state index contributed by atoms with van der Waals surface area (Å²) in [5, 5.41) is 3.79. The molecule has 1 rings (SSSR count). The molecule has 0 aromatic carbocycles. The monoisotopic (exact) mass is 251 g/mol. The Morgan fingerprint density at radius 2 is 1.72 bits per heavy atom. The predicted molar refractivity (Wildman–Crippen MR) is 81.9 cm³/mol. The van der Waals surface area contributed by atoms with E-state index >= 15 is 0 Å². The Bertz CT molecular complexity index is 214. The molecule has 0 aromatic heterocycles. The molecule has 106 valence electrons. The molecular formula is C17H33N. The van der Waals surface area contributed by atoms with Crippen LogP contribution in [0.4, 0.5) is 0 Å². The summed E-state index contributed by atoms with van der Waals surface area (Å²) in [5.74, 6) is 0.889. The quantitative estimate of drug-likeness (QED) is 0.623. The van der Waals surface area contributed by atoms with Gasteiger partial charge in [-0.1, -0.05) is 58.1 Å². The van der Waals surface area contributed by atoms with Crippen molar-refractivity contribution in [2.24, 2.45) is 5.92 Å². The summed E-state index contributed by atoms with van der Waals surface area (Å²) < 4.78 is 0. The molecule has 0 saturated heterocycles. The summed E-state index contributed by atoms with van der Waals surface area (Å²) in [4.78, 5) is 0. The van der Waals surface area contributed by atoms with E-state index in [1.165, 1.54) is 63.4 Å². The molecule has 0 heterocycles. The van der Waals surface area contributed by atoms with Crippen LogP contribution in [0.15, 0.2) is 12.2 Å². The zero-order chi connectivity index (χ0) is 13.2. The molecule has 0 bridgehead atoms. The van der Waals surface area contributed by atoms with Gasteiger partial charge in [0.2, 0.25) is 0 Å². The van der Waals surface area contributed by atoms with Gasteiger partial charge < -0.3 is 5.32 Å². The largest absolute Gasteiger partial charge is 0.313 e. The van der Waals surface area contributed by atoms with Gasteiger partial charge in [-0.3, -0.25) is 0 Å². The van der Waals surface area contributed by atoms with Gasteiger partial charge in [0.15, 0.2) is 0 Å². The fourth-order valence-corrected chi connectivity index (χ4v) is 3.08. The Kier molecular flexibility index (Phi) is 8.41. The van der Waals surface area contributed by atoms with E-state index in [9.17, 15) is 0 Å². The first kappa shape index (κ1) is 15.8. The van der Waals surface area contributed by atoms with Crippen LogP contribution in [0.25, 0.3) is 0 Å². The molecule has 1 heteroatoms. The SMILES string of the molecule is C=C(CC)CC(NCCC)C1CCCCCCC1. The summed E-state index contributed by atoms with van der Waals surface area (Å²) in [5.41, 5.74) is 1.42. The predicted octanol–water partition coefficient (Wildman–Crippen LogP) is 5.07. The molecule has 1 nitrogen and oxygen atoms in total. The fourth-order valence-electron chi connectivity index (χ4n) is 3.08. The van der Waals surface area contributed by atoms with Gasteiger partial charge in [0.25, 0.3) is 0 Å². The van der Waals surface area contributed by atoms with Crippen LogP contribution in [0.2, 0.25) is 0 Å². The molecule has 0 amide bonds. The lowest BCUT2D eigenvalue weighted by Gasteiger charge is -2.30. The standard InChI is InChI=1S/C17H33N/c1-4-13-18-17(14-15(3)5-2)16-11-9-7-6-8-10-12-16/h16-18H,3-14H2,1-2H3. The lowest BCUT2D eigenvalue weighted by molar-refractivity contribution is 0.282. The van der Waals surface area contributed by atoms with E-state index in [1.54, 1.807) is 0 Å². The Morgan fingerprint density at radius 1 is 1.11 bits per heavy atom. The van der Waals surface area contributed by atoms with E-state index in [4.69, 9.17) is 0 Å². The van der Waals surface area contributed by atoms with Gasteiger partial charge in [0.1, 0.15) is 0 Å². The minimum absolute atomic E-state index is 0.690. The second-order valence-corrected chi connectivity index (χ2v) is 5.97. The van der Waals surface area contributed by atoms with E-state index < -0.39 is 0 Å². The Morgan fingerprint density at radius 3 is 2.28 bits per heavy atom. The van der Waals surface area contributed by atoms with E-state index in [2.05, 4.69) is 25.7 Å². The van der Waals surface area contributed by atoms with E-state index in [1.807, 2.05) is 0 Å². The average Bonchev–Trinajstić information content (AvgIpc) is 2.34. The van der Waals surface area contributed by atoms with Crippen molar-refractivity contribution in [2.75, 3.05) is 6.54 Å². The van der Waals surface area contributed by atoms with Crippen molar-refractivity contribution in [1.29, 1.82) is 0 Å². The Hall–Kier alpha value is -0.300. The van der Waals surface area contributed by atoms with Crippen molar-refractivity contribution in [3.05, 3.63) is 12.2 Å². The van der Waals surface area contributed by atoms with Gasteiger partial charge >= 0.3 is 0 Å². The summed E-state index contributed by atoms with van der Waals surface area (Å²) >= 11 is 0. The van der Waals surface area contributed by atoms with Crippen molar-refractivity contribution in [1.82, 2.24) is 5.32 Å². The lowest BCUT2D eigenvalue weighted by atomic mass is 9.83. The maximum absolute atomic E-state index is 4.22. The van der Waals surface area contributed by atoms with Crippen molar-refractivity contribution >= 4 is 0 Å². The first-order valence-electron chi connectivity index (χ1n) is 8.18. The normalized spacial score (nSPS) is 20.1. The molecule has 1 saturated carbocycles. The molecule has 1 unspecified atom stereocenters. The summed E-state index contributed by atoms with van der Waals surface area (Å²) in [7, 11) is 0. The van der Waals surface area contributed by atoms with Crippen LogP contribution in [0.5, 0.6) is 0 Å².